The van der Waals surface area contributed by atoms with Crippen LogP contribution >= 0.6 is 27.5 Å². The Kier molecular flexibility index (Phi) is 3.13. The van der Waals surface area contributed by atoms with Gasteiger partial charge in [-0.2, -0.15) is 14.5 Å². The Labute approximate surface area is 99.4 Å². The zero-order chi connectivity index (χ0) is 10.8. The minimum atomic E-state index is -0.0889. The first-order valence-corrected chi connectivity index (χ1v) is 5.84. The third kappa shape index (κ3) is 2.24. The molecule has 0 amide bonds. The Hall–Kier alpha value is -0.790. The van der Waals surface area contributed by atoms with Gasteiger partial charge in [0.05, 0.1) is 10.7 Å². The van der Waals surface area contributed by atoms with Crippen molar-refractivity contribution in [1.82, 2.24) is 19.1 Å². The summed E-state index contributed by atoms with van der Waals surface area (Å²) >= 11 is 4.63. The molecule has 15 heavy (non-hydrogen) atoms. The maximum absolute atomic E-state index is 5.13. The Morgan fingerprint density at radius 3 is 3.00 bits per heavy atom. The second-order valence-corrected chi connectivity index (χ2v) is 4.56. The van der Waals surface area contributed by atoms with Gasteiger partial charge in [0.25, 0.3) is 0 Å². The Balaban J connectivity index is 2.27. The molecule has 0 aliphatic heterocycles. The summed E-state index contributed by atoms with van der Waals surface area (Å²) in [6, 6.07) is 0. The van der Waals surface area contributed by atoms with Crippen LogP contribution in [-0.2, 0) is 4.74 Å². The summed E-state index contributed by atoms with van der Waals surface area (Å²) in [5.74, 6) is 0.684. The zero-order valence-electron chi connectivity index (χ0n) is 8.22. The van der Waals surface area contributed by atoms with Gasteiger partial charge < -0.3 is 4.74 Å². The van der Waals surface area contributed by atoms with Crippen molar-refractivity contribution in [2.75, 3.05) is 7.11 Å². The maximum atomic E-state index is 5.13. The average molecular weight is 289 g/mol. The van der Waals surface area contributed by atoms with Crippen LogP contribution in [0.3, 0.4) is 0 Å². The van der Waals surface area contributed by atoms with E-state index in [0.29, 0.717) is 5.82 Å². The summed E-state index contributed by atoms with van der Waals surface area (Å²) in [7, 11) is 1.63. The van der Waals surface area contributed by atoms with Gasteiger partial charge >= 0.3 is 0 Å². The summed E-state index contributed by atoms with van der Waals surface area (Å²) < 4.78 is 11.9. The molecule has 0 spiro atoms. The Morgan fingerprint density at radius 2 is 2.40 bits per heavy atom. The number of hydrogen-bond acceptors (Lipinski definition) is 5. The number of aromatic nitrogens is 4. The molecule has 0 fully saturated rings. The van der Waals surface area contributed by atoms with E-state index in [0.717, 1.165) is 9.60 Å². The molecule has 0 N–H and O–H groups in total. The minimum absolute atomic E-state index is 0.0889. The van der Waals surface area contributed by atoms with E-state index in [4.69, 9.17) is 4.74 Å². The molecule has 0 saturated carbocycles. The van der Waals surface area contributed by atoms with Crippen molar-refractivity contribution < 1.29 is 4.74 Å². The van der Waals surface area contributed by atoms with Gasteiger partial charge in [-0.3, -0.25) is 0 Å². The summed E-state index contributed by atoms with van der Waals surface area (Å²) in [5.41, 5.74) is 0. The molecule has 0 aromatic carbocycles. The van der Waals surface area contributed by atoms with Gasteiger partial charge in [-0.25, -0.2) is 4.68 Å². The fourth-order valence-electron chi connectivity index (χ4n) is 0.995. The first-order chi connectivity index (χ1) is 7.20. The van der Waals surface area contributed by atoms with Crippen molar-refractivity contribution in [2.45, 2.75) is 13.0 Å². The second-order valence-electron chi connectivity index (χ2n) is 2.92. The highest BCUT2D eigenvalue weighted by Gasteiger charge is 2.12. The Bertz CT molecular complexity index is 455. The third-order valence-electron chi connectivity index (χ3n) is 1.90. The fraction of sp³-hybridized carbons (Fsp3) is 0.375. The molecule has 2 rings (SSSR count). The van der Waals surface area contributed by atoms with E-state index in [-0.39, 0.29) is 6.10 Å². The van der Waals surface area contributed by atoms with Crippen LogP contribution in [0, 0.1) is 0 Å². The predicted octanol–water partition coefficient (Wildman–Crippen LogP) is 2.19. The lowest BCUT2D eigenvalue weighted by Gasteiger charge is -2.02. The highest BCUT2D eigenvalue weighted by Crippen LogP contribution is 2.18. The largest absolute Gasteiger partial charge is 0.374 e. The van der Waals surface area contributed by atoms with E-state index in [1.807, 2.05) is 13.1 Å². The molecule has 0 aliphatic rings. The number of methoxy groups -OCH3 is 1. The number of halogens is 1. The van der Waals surface area contributed by atoms with Crippen LogP contribution in [-0.4, -0.2) is 26.2 Å². The molecule has 0 radical (unpaired) electrons. The van der Waals surface area contributed by atoms with Crippen molar-refractivity contribution >= 4 is 27.5 Å². The fourth-order valence-corrected chi connectivity index (χ4v) is 1.96. The highest BCUT2D eigenvalue weighted by atomic mass is 79.9. The van der Waals surface area contributed by atoms with Gasteiger partial charge in [-0.05, 0) is 22.9 Å². The zero-order valence-corrected chi connectivity index (χ0v) is 10.6. The first kappa shape index (κ1) is 10.7. The topological polar surface area (TPSA) is 52.8 Å². The number of rotatable bonds is 3. The standard InChI is InChI=1S/C8H9BrN4OS/c1-5(14-2)7-11-8(15-12-7)13-4-6(9)3-10-13/h3-5H,1-2H3. The molecular weight excluding hydrogens is 280 g/mol. The van der Waals surface area contributed by atoms with Crippen molar-refractivity contribution in [1.29, 1.82) is 0 Å². The van der Waals surface area contributed by atoms with Gasteiger partial charge in [0.15, 0.2) is 5.82 Å². The van der Waals surface area contributed by atoms with Gasteiger partial charge in [0, 0.05) is 24.8 Å². The molecule has 0 saturated heterocycles. The quantitative estimate of drug-likeness (QED) is 0.869. The van der Waals surface area contributed by atoms with Crippen LogP contribution in [0.1, 0.15) is 18.9 Å². The molecule has 7 heteroatoms. The molecule has 0 aliphatic carbocycles. The van der Waals surface area contributed by atoms with Crippen LogP contribution in [0.4, 0.5) is 0 Å². The van der Waals surface area contributed by atoms with Gasteiger partial charge in [0.2, 0.25) is 5.13 Å². The van der Waals surface area contributed by atoms with Crippen LogP contribution in [0.25, 0.3) is 5.13 Å². The normalized spacial score (nSPS) is 13.0. The Morgan fingerprint density at radius 1 is 1.60 bits per heavy atom. The molecule has 80 valence electrons. The smallest absolute Gasteiger partial charge is 0.230 e. The van der Waals surface area contributed by atoms with Crippen molar-refractivity contribution in [3.63, 3.8) is 0 Å². The van der Waals surface area contributed by atoms with Crippen molar-refractivity contribution in [3.8, 4) is 5.13 Å². The number of ether oxygens (including phenoxy) is 1. The third-order valence-corrected chi connectivity index (χ3v) is 3.02. The first-order valence-electron chi connectivity index (χ1n) is 4.27. The summed E-state index contributed by atoms with van der Waals surface area (Å²) in [5, 5.41) is 4.86. The average Bonchev–Trinajstić information content (AvgIpc) is 2.84. The number of hydrogen-bond donors (Lipinski definition) is 0. The van der Waals surface area contributed by atoms with Gasteiger partial charge in [-0.15, -0.1) is 0 Å². The van der Waals surface area contributed by atoms with Gasteiger partial charge in [-0.1, -0.05) is 0 Å². The molecule has 1 atom stereocenters. The van der Waals surface area contributed by atoms with E-state index in [1.165, 1.54) is 11.5 Å². The molecule has 1 unspecified atom stereocenters. The molecule has 2 aromatic rings. The van der Waals surface area contributed by atoms with Crippen molar-refractivity contribution in [2.24, 2.45) is 0 Å². The van der Waals surface area contributed by atoms with Crippen LogP contribution in [0.2, 0.25) is 0 Å². The summed E-state index contributed by atoms with van der Waals surface area (Å²) in [4.78, 5) is 4.33. The van der Waals surface area contributed by atoms with E-state index in [1.54, 1.807) is 18.0 Å². The van der Waals surface area contributed by atoms with Crippen molar-refractivity contribution in [3.05, 3.63) is 22.7 Å². The van der Waals surface area contributed by atoms with E-state index >= 15 is 0 Å². The van der Waals surface area contributed by atoms with E-state index in [9.17, 15) is 0 Å². The molecule has 5 nitrogen and oxygen atoms in total. The van der Waals surface area contributed by atoms with Crippen LogP contribution in [0.5, 0.6) is 0 Å². The molecule has 2 aromatic heterocycles. The summed E-state index contributed by atoms with van der Waals surface area (Å²) in [6.07, 6.45) is 3.46. The van der Waals surface area contributed by atoms with Gasteiger partial charge in [0.1, 0.15) is 6.10 Å². The molecular formula is C8H9BrN4OS. The summed E-state index contributed by atoms with van der Waals surface area (Å²) in [6.45, 7) is 1.91. The lowest BCUT2D eigenvalue weighted by Crippen LogP contribution is -1.99. The number of nitrogens with zero attached hydrogens (tertiary/aromatic N) is 4. The maximum Gasteiger partial charge on any atom is 0.230 e. The van der Waals surface area contributed by atoms with E-state index < -0.39 is 0 Å². The lowest BCUT2D eigenvalue weighted by molar-refractivity contribution is 0.113. The minimum Gasteiger partial charge on any atom is -0.374 e. The predicted molar refractivity (Wildman–Crippen MR) is 60.2 cm³/mol. The van der Waals surface area contributed by atoms with E-state index in [2.05, 4.69) is 30.4 Å². The highest BCUT2D eigenvalue weighted by molar-refractivity contribution is 9.10. The molecule has 2 heterocycles. The SMILES string of the molecule is COC(C)c1nsc(-n2cc(Br)cn2)n1. The van der Waals surface area contributed by atoms with Crippen LogP contribution in [0.15, 0.2) is 16.9 Å². The van der Waals surface area contributed by atoms with Crippen LogP contribution < -0.4 is 0 Å². The lowest BCUT2D eigenvalue weighted by atomic mass is 10.4. The molecule has 0 bridgehead atoms. The second kappa shape index (κ2) is 4.38. The monoisotopic (exact) mass is 288 g/mol.